The summed E-state index contributed by atoms with van der Waals surface area (Å²) < 4.78 is 49.4. The second-order valence-electron chi connectivity index (χ2n) is 6.13. The molecule has 1 aromatic heterocycles. The van der Waals surface area contributed by atoms with Crippen LogP contribution in [-0.4, -0.2) is 57.5 Å². The lowest BCUT2D eigenvalue weighted by atomic mass is 10.3. The third-order valence-electron chi connectivity index (χ3n) is 3.97. The Kier molecular flexibility index (Phi) is 8.50. The molecule has 2 aromatic rings. The summed E-state index contributed by atoms with van der Waals surface area (Å²) in [5.41, 5.74) is 0.431. The number of ether oxygens (including phenoxy) is 2. The van der Waals surface area contributed by atoms with Crippen molar-refractivity contribution in [3.05, 3.63) is 48.4 Å². The quantitative estimate of drug-likeness (QED) is 0.555. The van der Waals surface area contributed by atoms with Crippen molar-refractivity contribution in [3.8, 4) is 5.88 Å². The lowest BCUT2D eigenvalue weighted by molar-refractivity contribution is -0.116. The molecule has 158 valence electrons. The van der Waals surface area contributed by atoms with Crippen LogP contribution in [0.2, 0.25) is 0 Å². The number of carbonyl (C=O) groups excluding carboxylic acids is 1. The van der Waals surface area contributed by atoms with Gasteiger partial charge in [-0.05, 0) is 42.8 Å². The molecule has 0 atom stereocenters. The largest absolute Gasteiger partial charge is 0.474 e. The molecular weight excluding hydrogens is 401 g/mol. The van der Waals surface area contributed by atoms with E-state index in [9.17, 15) is 17.6 Å². The van der Waals surface area contributed by atoms with Gasteiger partial charge in [-0.2, -0.15) is 0 Å². The number of rotatable bonds is 11. The predicted molar refractivity (Wildman–Crippen MR) is 106 cm³/mol. The molecule has 1 aromatic carbocycles. The lowest BCUT2D eigenvalue weighted by Gasteiger charge is -2.17. The minimum atomic E-state index is -3.74. The Morgan fingerprint density at radius 2 is 1.93 bits per heavy atom. The zero-order chi connectivity index (χ0) is 21.3. The number of hydrogen-bond donors (Lipinski definition) is 1. The normalized spacial score (nSPS) is 11.4. The van der Waals surface area contributed by atoms with E-state index < -0.39 is 15.8 Å². The molecule has 0 unspecified atom stereocenters. The number of benzene rings is 1. The Hall–Kier alpha value is -2.56. The fourth-order valence-electron chi connectivity index (χ4n) is 2.40. The summed E-state index contributed by atoms with van der Waals surface area (Å²) in [5.74, 6) is -0.514. The molecule has 0 saturated carbocycles. The van der Waals surface area contributed by atoms with E-state index in [1.165, 1.54) is 19.2 Å². The van der Waals surface area contributed by atoms with Gasteiger partial charge in [0.15, 0.2) is 0 Å². The highest BCUT2D eigenvalue weighted by Crippen LogP contribution is 2.21. The molecule has 0 aliphatic rings. The zero-order valence-corrected chi connectivity index (χ0v) is 17.1. The monoisotopic (exact) mass is 425 g/mol. The van der Waals surface area contributed by atoms with Gasteiger partial charge in [-0.25, -0.2) is 22.1 Å². The maximum absolute atomic E-state index is 13.0. The number of carbonyl (C=O) groups is 1. The van der Waals surface area contributed by atoms with Crippen LogP contribution in [0.25, 0.3) is 0 Å². The summed E-state index contributed by atoms with van der Waals surface area (Å²) in [5, 5.41) is 2.71. The number of anilines is 1. The van der Waals surface area contributed by atoms with Crippen molar-refractivity contribution in [1.82, 2.24) is 9.29 Å². The number of hydrogen-bond acceptors (Lipinski definition) is 6. The topological polar surface area (TPSA) is 97.8 Å². The molecule has 0 radical (unpaired) electrons. The summed E-state index contributed by atoms with van der Waals surface area (Å²) in [7, 11) is -0.770. The van der Waals surface area contributed by atoms with Crippen molar-refractivity contribution in [2.24, 2.45) is 0 Å². The molecule has 1 heterocycles. The van der Waals surface area contributed by atoms with Crippen LogP contribution in [-0.2, 0) is 19.6 Å². The molecule has 10 heteroatoms. The Bertz CT molecular complexity index is 906. The molecule has 1 amide bonds. The van der Waals surface area contributed by atoms with Crippen molar-refractivity contribution >= 4 is 21.6 Å². The van der Waals surface area contributed by atoms with Gasteiger partial charge in [-0.15, -0.1) is 0 Å². The van der Waals surface area contributed by atoms with E-state index in [2.05, 4.69) is 10.3 Å². The van der Waals surface area contributed by atoms with Crippen LogP contribution >= 0.6 is 0 Å². The first-order valence-corrected chi connectivity index (χ1v) is 10.4. The molecule has 0 aliphatic heterocycles. The Morgan fingerprint density at radius 3 is 2.62 bits per heavy atom. The highest BCUT2D eigenvalue weighted by Gasteiger charge is 2.20. The van der Waals surface area contributed by atoms with E-state index >= 15 is 0 Å². The van der Waals surface area contributed by atoms with Gasteiger partial charge in [0.25, 0.3) is 0 Å². The molecular formula is C19H24FN3O5S. The van der Waals surface area contributed by atoms with Gasteiger partial charge in [-0.3, -0.25) is 4.79 Å². The molecule has 8 nitrogen and oxygen atoms in total. The van der Waals surface area contributed by atoms with Crippen LogP contribution in [0.3, 0.4) is 0 Å². The average molecular weight is 425 g/mol. The van der Waals surface area contributed by atoms with Crippen molar-refractivity contribution in [1.29, 1.82) is 0 Å². The Labute approximate surface area is 169 Å². The number of nitrogens with one attached hydrogen (secondary N) is 1. The first kappa shape index (κ1) is 22.7. The molecule has 1 N–H and O–H groups in total. The molecule has 29 heavy (non-hydrogen) atoms. The van der Waals surface area contributed by atoms with E-state index in [-0.39, 0.29) is 29.6 Å². The summed E-state index contributed by atoms with van der Waals surface area (Å²) in [6.45, 7) is 0.818. The van der Waals surface area contributed by atoms with Gasteiger partial charge in [0.2, 0.25) is 21.8 Å². The minimum Gasteiger partial charge on any atom is -0.474 e. The number of aromatic nitrogens is 1. The van der Waals surface area contributed by atoms with Gasteiger partial charge in [-0.1, -0.05) is 0 Å². The fourth-order valence-corrected chi connectivity index (χ4v) is 3.61. The SMILES string of the molecule is COCCOc1ncccc1NC(=O)CCCN(C)S(=O)(=O)c1ccc(F)cc1. The van der Waals surface area contributed by atoms with Crippen LogP contribution < -0.4 is 10.1 Å². The lowest BCUT2D eigenvalue weighted by Crippen LogP contribution is -2.28. The number of pyridine rings is 1. The molecule has 0 aliphatic carbocycles. The van der Waals surface area contributed by atoms with Crippen LogP contribution in [0.4, 0.5) is 10.1 Å². The van der Waals surface area contributed by atoms with Crippen molar-refractivity contribution in [3.63, 3.8) is 0 Å². The van der Waals surface area contributed by atoms with Gasteiger partial charge in [0.1, 0.15) is 18.1 Å². The standard InChI is InChI=1S/C19H24FN3O5S/c1-23(29(25,26)16-9-7-15(20)8-10-16)12-4-6-18(24)22-17-5-3-11-21-19(17)28-14-13-27-2/h3,5,7-11H,4,6,12-14H2,1-2H3,(H,22,24). The van der Waals surface area contributed by atoms with E-state index in [0.717, 1.165) is 16.4 Å². The Morgan fingerprint density at radius 1 is 1.21 bits per heavy atom. The smallest absolute Gasteiger partial charge is 0.242 e. The third kappa shape index (κ3) is 6.77. The number of nitrogens with zero attached hydrogens (tertiary/aromatic N) is 2. The molecule has 0 fully saturated rings. The Balaban J connectivity index is 1.86. The van der Waals surface area contributed by atoms with Crippen molar-refractivity contribution in [2.75, 3.05) is 39.2 Å². The van der Waals surface area contributed by atoms with E-state index in [1.54, 1.807) is 25.4 Å². The van der Waals surface area contributed by atoms with Gasteiger partial charge < -0.3 is 14.8 Å². The van der Waals surface area contributed by atoms with Gasteiger partial charge >= 0.3 is 0 Å². The zero-order valence-electron chi connectivity index (χ0n) is 16.3. The van der Waals surface area contributed by atoms with Crippen LogP contribution in [0.1, 0.15) is 12.8 Å². The predicted octanol–water partition coefficient (Wildman–Crippen LogP) is 2.29. The van der Waals surface area contributed by atoms with E-state index in [0.29, 0.717) is 25.3 Å². The van der Waals surface area contributed by atoms with Gasteiger partial charge in [0.05, 0.1) is 11.5 Å². The fraction of sp³-hybridized carbons (Fsp3) is 0.368. The summed E-state index contributed by atoms with van der Waals surface area (Å²) in [6, 6.07) is 7.94. The number of sulfonamides is 1. The van der Waals surface area contributed by atoms with Crippen molar-refractivity contribution in [2.45, 2.75) is 17.7 Å². The maximum Gasteiger partial charge on any atom is 0.242 e. The summed E-state index contributed by atoms with van der Waals surface area (Å²) in [4.78, 5) is 16.3. The number of halogens is 1. The first-order valence-electron chi connectivity index (χ1n) is 8.93. The van der Waals surface area contributed by atoms with Gasteiger partial charge in [0, 0.05) is 33.3 Å². The summed E-state index contributed by atoms with van der Waals surface area (Å²) >= 11 is 0. The maximum atomic E-state index is 13.0. The molecule has 2 rings (SSSR count). The van der Waals surface area contributed by atoms with Crippen LogP contribution in [0.5, 0.6) is 5.88 Å². The van der Waals surface area contributed by atoms with Crippen molar-refractivity contribution < 1.29 is 27.1 Å². The molecule has 0 spiro atoms. The second-order valence-corrected chi connectivity index (χ2v) is 8.17. The first-order chi connectivity index (χ1) is 13.8. The van der Waals surface area contributed by atoms with E-state index in [1.807, 2.05) is 0 Å². The summed E-state index contributed by atoms with van der Waals surface area (Å²) in [6.07, 6.45) is 1.96. The highest BCUT2D eigenvalue weighted by molar-refractivity contribution is 7.89. The number of methoxy groups -OCH3 is 1. The second kappa shape index (κ2) is 10.8. The number of amides is 1. The third-order valence-corrected chi connectivity index (χ3v) is 5.84. The minimum absolute atomic E-state index is 0.000870. The highest BCUT2D eigenvalue weighted by atomic mass is 32.2. The molecule has 0 bridgehead atoms. The molecule has 0 saturated heterocycles. The van der Waals surface area contributed by atoms with E-state index in [4.69, 9.17) is 9.47 Å². The van der Waals surface area contributed by atoms with Crippen LogP contribution in [0.15, 0.2) is 47.5 Å². The van der Waals surface area contributed by atoms with Crippen LogP contribution in [0, 0.1) is 5.82 Å². The average Bonchev–Trinajstić information content (AvgIpc) is 2.69.